The van der Waals surface area contributed by atoms with E-state index < -0.39 is 5.79 Å². The Morgan fingerprint density at radius 3 is 2.45 bits per heavy atom. The summed E-state index contributed by atoms with van der Waals surface area (Å²) in [5.41, 5.74) is 0. The van der Waals surface area contributed by atoms with E-state index in [1.807, 2.05) is 13.8 Å². The van der Waals surface area contributed by atoms with E-state index in [-0.39, 0.29) is 6.10 Å². The zero-order valence-electron chi connectivity index (χ0n) is 6.62. The van der Waals surface area contributed by atoms with Crippen LogP contribution in [0.15, 0.2) is 0 Å². The molecule has 11 heavy (non-hydrogen) atoms. The molecular weight excluding hydrogens is 148 g/mol. The van der Waals surface area contributed by atoms with Gasteiger partial charge in [-0.3, -0.25) is 0 Å². The Bertz CT molecular complexity index is 133. The van der Waals surface area contributed by atoms with Crippen LogP contribution in [0.3, 0.4) is 0 Å². The standard InChI is InChI=1S/C7H11O4/c1-7(2)10-3-6(4-11-7)9-5-8/h6H,3-4H2,1-2H3. The van der Waals surface area contributed by atoms with Gasteiger partial charge in [0, 0.05) is 0 Å². The molecule has 63 valence electrons. The Balaban J connectivity index is 2.30. The van der Waals surface area contributed by atoms with E-state index in [9.17, 15) is 4.79 Å². The van der Waals surface area contributed by atoms with Gasteiger partial charge < -0.3 is 14.2 Å². The molecule has 1 heterocycles. The molecule has 0 saturated carbocycles. The normalized spacial score (nSPS) is 24.5. The molecular formula is C7H11O4. The van der Waals surface area contributed by atoms with E-state index in [4.69, 9.17) is 9.47 Å². The molecule has 0 aromatic carbocycles. The Labute approximate surface area is 65.4 Å². The van der Waals surface area contributed by atoms with Gasteiger partial charge in [0.25, 0.3) is 0 Å². The SMILES string of the molecule is CC1(C)OCC(O[C]=O)CO1. The van der Waals surface area contributed by atoms with Gasteiger partial charge in [0.05, 0.1) is 13.2 Å². The summed E-state index contributed by atoms with van der Waals surface area (Å²) in [6.45, 7) is 5.74. The van der Waals surface area contributed by atoms with Gasteiger partial charge in [-0.25, -0.2) is 4.79 Å². The number of rotatable bonds is 2. The fourth-order valence-corrected chi connectivity index (χ4v) is 0.813. The van der Waals surface area contributed by atoms with Crippen molar-refractivity contribution in [2.75, 3.05) is 13.2 Å². The Morgan fingerprint density at radius 1 is 1.45 bits per heavy atom. The van der Waals surface area contributed by atoms with Crippen LogP contribution < -0.4 is 0 Å². The van der Waals surface area contributed by atoms with Crippen LogP contribution in [0.4, 0.5) is 0 Å². The second kappa shape index (κ2) is 3.19. The topological polar surface area (TPSA) is 44.8 Å². The molecule has 0 amide bonds. The highest BCUT2D eigenvalue weighted by atomic mass is 16.7. The van der Waals surface area contributed by atoms with Gasteiger partial charge in [0.15, 0.2) is 5.79 Å². The van der Waals surface area contributed by atoms with Crippen molar-refractivity contribution in [2.45, 2.75) is 25.7 Å². The van der Waals surface area contributed by atoms with Crippen molar-refractivity contribution < 1.29 is 19.0 Å². The first-order valence-corrected chi connectivity index (χ1v) is 3.45. The lowest BCUT2D eigenvalue weighted by molar-refractivity contribution is -0.270. The first-order chi connectivity index (χ1) is 5.14. The Kier molecular flexibility index (Phi) is 2.46. The predicted octanol–water partition coefficient (Wildman–Crippen LogP) is 0.222. The number of hydrogen-bond acceptors (Lipinski definition) is 4. The van der Waals surface area contributed by atoms with Gasteiger partial charge in [-0.2, -0.15) is 0 Å². The summed E-state index contributed by atoms with van der Waals surface area (Å²) >= 11 is 0. The van der Waals surface area contributed by atoms with Crippen molar-refractivity contribution in [3.8, 4) is 0 Å². The van der Waals surface area contributed by atoms with E-state index >= 15 is 0 Å². The summed E-state index contributed by atoms with van der Waals surface area (Å²) < 4.78 is 14.9. The molecule has 1 rings (SSSR count). The fourth-order valence-electron chi connectivity index (χ4n) is 0.813. The molecule has 0 aliphatic carbocycles. The second-order valence-corrected chi connectivity index (χ2v) is 2.85. The summed E-state index contributed by atoms with van der Waals surface area (Å²) in [4.78, 5) is 9.78. The lowest BCUT2D eigenvalue weighted by Gasteiger charge is -2.33. The van der Waals surface area contributed by atoms with Gasteiger partial charge in [0.1, 0.15) is 6.10 Å². The first kappa shape index (κ1) is 8.49. The highest BCUT2D eigenvalue weighted by molar-refractivity contribution is 5.38. The van der Waals surface area contributed by atoms with Crippen molar-refractivity contribution in [1.29, 1.82) is 0 Å². The molecule has 0 unspecified atom stereocenters. The summed E-state index contributed by atoms with van der Waals surface area (Å²) in [6.07, 6.45) is -0.305. The van der Waals surface area contributed by atoms with Crippen LogP contribution in [0.5, 0.6) is 0 Å². The summed E-state index contributed by atoms with van der Waals surface area (Å²) in [6, 6.07) is 0. The molecule has 0 atom stereocenters. The van der Waals surface area contributed by atoms with Crippen molar-refractivity contribution in [1.82, 2.24) is 0 Å². The van der Waals surface area contributed by atoms with Gasteiger partial charge in [0.2, 0.25) is 0 Å². The molecule has 0 aromatic heterocycles. The maximum absolute atomic E-state index is 9.78. The molecule has 4 heteroatoms. The molecule has 4 nitrogen and oxygen atoms in total. The zero-order valence-corrected chi connectivity index (χ0v) is 6.62. The lowest BCUT2D eigenvalue weighted by Crippen LogP contribution is -2.42. The minimum absolute atomic E-state index is 0.305. The minimum atomic E-state index is -0.553. The largest absolute Gasteiger partial charge is 0.449 e. The molecule has 1 aliphatic heterocycles. The molecule has 1 radical (unpaired) electrons. The molecule has 0 aromatic rings. The Hall–Kier alpha value is -0.610. The van der Waals surface area contributed by atoms with Crippen molar-refractivity contribution in [2.24, 2.45) is 0 Å². The van der Waals surface area contributed by atoms with Crippen molar-refractivity contribution in [3.63, 3.8) is 0 Å². The Morgan fingerprint density at radius 2 is 2.00 bits per heavy atom. The molecule has 0 N–H and O–H groups in total. The van der Waals surface area contributed by atoms with Crippen LogP contribution in [0.1, 0.15) is 13.8 Å². The van der Waals surface area contributed by atoms with Gasteiger partial charge in [-0.15, -0.1) is 0 Å². The third kappa shape index (κ3) is 2.48. The summed E-state index contributed by atoms with van der Waals surface area (Å²) in [5.74, 6) is -0.553. The number of hydrogen-bond donors (Lipinski definition) is 0. The van der Waals surface area contributed by atoms with E-state index in [0.717, 1.165) is 0 Å². The van der Waals surface area contributed by atoms with Crippen LogP contribution in [0.2, 0.25) is 0 Å². The lowest BCUT2D eigenvalue weighted by atomic mass is 10.3. The molecule has 1 saturated heterocycles. The maximum atomic E-state index is 9.78. The average molecular weight is 159 g/mol. The third-order valence-corrected chi connectivity index (χ3v) is 1.45. The number of ether oxygens (including phenoxy) is 3. The molecule has 1 fully saturated rings. The number of carbonyl (C=O) groups excluding carboxylic acids is 1. The first-order valence-electron chi connectivity index (χ1n) is 3.45. The van der Waals surface area contributed by atoms with E-state index in [2.05, 4.69) is 4.74 Å². The highest BCUT2D eigenvalue weighted by Crippen LogP contribution is 2.17. The zero-order chi connectivity index (χ0) is 8.32. The molecule has 0 spiro atoms. The summed E-state index contributed by atoms with van der Waals surface area (Å²) in [7, 11) is 0. The van der Waals surface area contributed by atoms with Crippen molar-refractivity contribution in [3.05, 3.63) is 0 Å². The van der Waals surface area contributed by atoms with Crippen LogP contribution in [0, 0.1) is 0 Å². The summed E-state index contributed by atoms with van der Waals surface area (Å²) in [5, 5.41) is 0. The fraction of sp³-hybridized carbons (Fsp3) is 0.857. The predicted molar refractivity (Wildman–Crippen MR) is 36.5 cm³/mol. The third-order valence-electron chi connectivity index (χ3n) is 1.45. The smallest absolute Gasteiger partial charge is 0.417 e. The quantitative estimate of drug-likeness (QED) is 0.578. The van der Waals surface area contributed by atoms with Crippen LogP contribution in [-0.2, 0) is 19.0 Å². The van der Waals surface area contributed by atoms with Gasteiger partial charge in [-0.1, -0.05) is 0 Å². The van der Waals surface area contributed by atoms with Gasteiger partial charge in [-0.05, 0) is 13.8 Å². The molecule has 1 aliphatic rings. The van der Waals surface area contributed by atoms with E-state index in [1.54, 1.807) is 0 Å². The second-order valence-electron chi connectivity index (χ2n) is 2.85. The van der Waals surface area contributed by atoms with Crippen LogP contribution in [0.25, 0.3) is 0 Å². The highest BCUT2D eigenvalue weighted by Gasteiger charge is 2.28. The van der Waals surface area contributed by atoms with Crippen LogP contribution >= 0.6 is 0 Å². The van der Waals surface area contributed by atoms with Gasteiger partial charge >= 0.3 is 6.47 Å². The monoisotopic (exact) mass is 159 g/mol. The average Bonchev–Trinajstić information content (AvgIpc) is 1.94. The van der Waals surface area contributed by atoms with E-state index in [1.165, 1.54) is 6.47 Å². The van der Waals surface area contributed by atoms with Crippen molar-refractivity contribution >= 4 is 6.47 Å². The van der Waals surface area contributed by atoms with Crippen LogP contribution in [-0.4, -0.2) is 31.6 Å². The molecule has 0 bridgehead atoms. The van der Waals surface area contributed by atoms with E-state index in [0.29, 0.717) is 13.2 Å². The minimum Gasteiger partial charge on any atom is -0.449 e. The maximum Gasteiger partial charge on any atom is 0.417 e.